The molecule has 0 saturated carbocycles. The number of benzene rings is 2. The first-order valence-electron chi connectivity index (χ1n) is 9.61. The van der Waals surface area contributed by atoms with Crippen molar-refractivity contribution in [1.82, 2.24) is 19.7 Å². The summed E-state index contributed by atoms with van der Waals surface area (Å²) in [5.74, 6) is 2.09. The highest BCUT2D eigenvalue weighted by atomic mass is 16.5. The molecule has 4 rings (SSSR count). The van der Waals surface area contributed by atoms with Crippen molar-refractivity contribution in [1.29, 1.82) is 0 Å². The quantitative estimate of drug-likeness (QED) is 0.504. The van der Waals surface area contributed by atoms with Gasteiger partial charge in [0.2, 0.25) is 5.88 Å². The number of methoxy groups -OCH3 is 1. The summed E-state index contributed by atoms with van der Waals surface area (Å²) in [6, 6.07) is 17.6. The molecule has 0 atom stereocenters. The van der Waals surface area contributed by atoms with Gasteiger partial charge in [-0.3, -0.25) is 4.79 Å². The van der Waals surface area contributed by atoms with Crippen molar-refractivity contribution >= 4 is 11.6 Å². The van der Waals surface area contributed by atoms with Crippen LogP contribution in [-0.2, 0) is 0 Å². The number of carbonyl (C=O) groups is 1. The lowest BCUT2D eigenvalue weighted by Gasteiger charge is -2.09. The summed E-state index contributed by atoms with van der Waals surface area (Å²) in [5, 5.41) is 7.28. The van der Waals surface area contributed by atoms with Gasteiger partial charge in [0.25, 0.3) is 5.91 Å². The number of hydrogen-bond donors (Lipinski definition) is 1. The third kappa shape index (κ3) is 4.69. The number of carbonyl (C=O) groups excluding carboxylic acids is 1. The number of nitrogens with one attached hydrogen (secondary N) is 1. The Labute approximate surface area is 179 Å². The molecule has 2 aromatic heterocycles. The topological polar surface area (TPSA) is 91.2 Å². The molecule has 31 heavy (non-hydrogen) atoms. The van der Waals surface area contributed by atoms with Crippen molar-refractivity contribution < 1.29 is 14.3 Å². The third-order valence-corrected chi connectivity index (χ3v) is 4.54. The predicted molar refractivity (Wildman–Crippen MR) is 116 cm³/mol. The minimum absolute atomic E-state index is 0.207. The van der Waals surface area contributed by atoms with Crippen LogP contribution >= 0.6 is 0 Å². The Morgan fingerprint density at radius 1 is 0.935 bits per heavy atom. The van der Waals surface area contributed by atoms with Crippen molar-refractivity contribution in [3.05, 3.63) is 83.9 Å². The van der Waals surface area contributed by atoms with Crippen LogP contribution in [-0.4, -0.2) is 32.8 Å². The molecule has 0 bridgehead atoms. The summed E-state index contributed by atoms with van der Waals surface area (Å²) < 4.78 is 12.7. The second-order valence-corrected chi connectivity index (χ2v) is 6.86. The van der Waals surface area contributed by atoms with E-state index in [-0.39, 0.29) is 5.91 Å². The van der Waals surface area contributed by atoms with E-state index in [1.54, 1.807) is 66.4 Å². The fourth-order valence-electron chi connectivity index (χ4n) is 3.04. The molecule has 2 aromatic carbocycles. The lowest BCUT2D eigenvalue weighted by molar-refractivity contribution is 0.102. The first-order chi connectivity index (χ1) is 15.0. The molecule has 0 aliphatic heterocycles. The first kappa shape index (κ1) is 20.1. The van der Waals surface area contributed by atoms with E-state index < -0.39 is 0 Å². The van der Waals surface area contributed by atoms with Crippen LogP contribution < -0.4 is 14.8 Å². The summed E-state index contributed by atoms with van der Waals surface area (Å²) in [6.07, 6.45) is 1.44. The minimum atomic E-state index is -0.207. The minimum Gasteiger partial charge on any atom is -0.497 e. The van der Waals surface area contributed by atoms with E-state index in [1.165, 1.54) is 6.33 Å². The molecule has 1 amide bonds. The maximum absolute atomic E-state index is 12.4. The number of nitrogens with zero attached hydrogens (tertiary/aromatic N) is 4. The highest BCUT2D eigenvalue weighted by molar-refractivity contribution is 6.04. The Balaban J connectivity index is 1.43. The normalized spacial score (nSPS) is 10.5. The smallest absolute Gasteiger partial charge is 0.255 e. The van der Waals surface area contributed by atoms with Gasteiger partial charge >= 0.3 is 0 Å². The zero-order valence-corrected chi connectivity index (χ0v) is 17.4. The van der Waals surface area contributed by atoms with Crippen LogP contribution in [0.2, 0.25) is 0 Å². The highest BCUT2D eigenvalue weighted by Gasteiger charge is 2.09. The second kappa shape index (κ2) is 8.66. The fourth-order valence-corrected chi connectivity index (χ4v) is 3.04. The summed E-state index contributed by atoms with van der Waals surface area (Å²) in [5.41, 5.74) is 3.07. The van der Waals surface area contributed by atoms with Gasteiger partial charge in [-0.15, -0.1) is 0 Å². The molecule has 0 spiro atoms. The summed E-state index contributed by atoms with van der Waals surface area (Å²) in [6.45, 7) is 3.89. The van der Waals surface area contributed by atoms with Gasteiger partial charge in [-0.2, -0.15) is 5.10 Å². The molecule has 2 heterocycles. The molecular weight excluding hydrogens is 394 g/mol. The monoisotopic (exact) mass is 415 g/mol. The predicted octanol–water partition coefficient (Wildman–Crippen LogP) is 4.33. The van der Waals surface area contributed by atoms with Crippen LogP contribution in [0.4, 0.5) is 5.69 Å². The number of aromatic nitrogens is 4. The summed E-state index contributed by atoms with van der Waals surface area (Å²) >= 11 is 0. The van der Waals surface area contributed by atoms with Crippen LogP contribution in [0.3, 0.4) is 0 Å². The summed E-state index contributed by atoms with van der Waals surface area (Å²) in [4.78, 5) is 20.8. The van der Waals surface area contributed by atoms with Gasteiger partial charge < -0.3 is 14.8 Å². The van der Waals surface area contributed by atoms with Gasteiger partial charge in [-0.1, -0.05) is 0 Å². The molecule has 4 aromatic rings. The third-order valence-electron chi connectivity index (χ3n) is 4.54. The molecule has 8 heteroatoms. The van der Waals surface area contributed by atoms with E-state index in [1.807, 2.05) is 19.9 Å². The van der Waals surface area contributed by atoms with Crippen LogP contribution in [0.5, 0.6) is 17.4 Å². The van der Waals surface area contributed by atoms with Gasteiger partial charge in [0.15, 0.2) is 5.82 Å². The number of amides is 1. The van der Waals surface area contributed by atoms with E-state index in [0.717, 1.165) is 11.4 Å². The molecule has 0 fully saturated rings. The lowest BCUT2D eigenvalue weighted by atomic mass is 10.2. The van der Waals surface area contributed by atoms with E-state index in [4.69, 9.17) is 9.47 Å². The van der Waals surface area contributed by atoms with E-state index >= 15 is 0 Å². The number of anilines is 1. The number of aryl methyl sites for hydroxylation is 2. The van der Waals surface area contributed by atoms with E-state index in [9.17, 15) is 4.79 Å². The number of ether oxygens (including phenoxy) is 2. The van der Waals surface area contributed by atoms with E-state index in [2.05, 4.69) is 20.4 Å². The van der Waals surface area contributed by atoms with Gasteiger partial charge in [0, 0.05) is 23.0 Å². The molecule has 0 unspecified atom stereocenters. The van der Waals surface area contributed by atoms with Gasteiger partial charge in [-0.05, 0) is 68.4 Å². The van der Waals surface area contributed by atoms with E-state index in [0.29, 0.717) is 34.4 Å². The maximum atomic E-state index is 12.4. The molecule has 8 nitrogen and oxygen atoms in total. The lowest BCUT2D eigenvalue weighted by Crippen LogP contribution is -2.11. The molecule has 0 radical (unpaired) electrons. The summed E-state index contributed by atoms with van der Waals surface area (Å²) in [7, 11) is 1.58. The Morgan fingerprint density at radius 3 is 2.29 bits per heavy atom. The Kier molecular flexibility index (Phi) is 5.61. The first-order valence-corrected chi connectivity index (χ1v) is 9.61. The highest BCUT2D eigenvalue weighted by Crippen LogP contribution is 2.23. The largest absolute Gasteiger partial charge is 0.497 e. The SMILES string of the molecule is COc1ccc(C(=O)Nc2ccc(Oc3cc(-n4nc(C)cc4C)ncn3)cc2)cc1. The van der Waals surface area contributed by atoms with Crippen LogP contribution in [0.1, 0.15) is 21.7 Å². The van der Waals surface area contributed by atoms with Crippen molar-refractivity contribution in [2.75, 3.05) is 12.4 Å². The second-order valence-electron chi connectivity index (χ2n) is 6.86. The fraction of sp³-hybridized carbons (Fsp3) is 0.130. The molecular formula is C23H21N5O3. The average molecular weight is 415 g/mol. The Bertz CT molecular complexity index is 1200. The van der Waals surface area contributed by atoms with Crippen LogP contribution in [0.25, 0.3) is 5.82 Å². The molecule has 0 aliphatic carbocycles. The molecule has 0 aliphatic rings. The zero-order chi connectivity index (χ0) is 21.8. The van der Waals surface area contributed by atoms with Gasteiger partial charge in [0.1, 0.15) is 17.8 Å². The molecule has 1 N–H and O–H groups in total. The standard InChI is InChI=1S/C23H21N5O3/c1-15-12-16(2)28(27-15)21-13-22(25-14-24-21)31-20-10-6-18(7-11-20)26-23(29)17-4-8-19(30-3)9-5-17/h4-14H,1-3H3,(H,26,29). The van der Waals surface area contributed by atoms with Gasteiger partial charge in [0.05, 0.1) is 12.8 Å². The number of hydrogen-bond acceptors (Lipinski definition) is 6. The van der Waals surface area contributed by atoms with Crippen LogP contribution in [0, 0.1) is 13.8 Å². The van der Waals surface area contributed by atoms with Crippen molar-refractivity contribution in [3.63, 3.8) is 0 Å². The van der Waals surface area contributed by atoms with Crippen LogP contribution in [0.15, 0.2) is 67.0 Å². The number of rotatable bonds is 6. The van der Waals surface area contributed by atoms with Crippen molar-refractivity contribution in [3.8, 4) is 23.2 Å². The molecule has 0 saturated heterocycles. The molecule has 156 valence electrons. The maximum Gasteiger partial charge on any atom is 0.255 e. The van der Waals surface area contributed by atoms with Crippen molar-refractivity contribution in [2.45, 2.75) is 13.8 Å². The Morgan fingerprint density at radius 2 is 1.65 bits per heavy atom. The zero-order valence-electron chi connectivity index (χ0n) is 17.4. The Hall–Kier alpha value is -4.20. The average Bonchev–Trinajstić information content (AvgIpc) is 3.13. The van der Waals surface area contributed by atoms with Gasteiger partial charge in [-0.25, -0.2) is 14.6 Å². The van der Waals surface area contributed by atoms with Crippen molar-refractivity contribution in [2.24, 2.45) is 0 Å².